The van der Waals surface area contributed by atoms with Crippen LogP contribution in [0.4, 0.5) is 11.4 Å². The van der Waals surface area contributed by atoms with Crippen molar-refractivity contribution < 1.29 is 19.4 Å². The molecule has 6 heteroatoms. The summed E-state index contributed by atoms with van der Waals surface area (Å²) in [7, 11) is 1.53. The molecule has 1 fully saturated rings. The van der Waals surface area contributed by atoms with Gasteiger partial charge < -0.3 is 20.1 Å². The molecule has 2 N–H and O–H groups in total. The van der Waals surface area contributed by atoms with Gasteiger partial charge >= 0.3 is 5.97 Å². The Morgan fingerprint density at radius 1 is 1.29 bits per heavy atom. The Morgan fingerprint density at radius 3 is 2.71 bits per heavy atom. The lowest BCUT2D eigenvalue weighted by Crippen LogP contribution is -2.32. The van der Waals surface area contributed by atoms with E-state index in [2.05, 4.69) is 5.32 Å². The van der Waals surface area contributed by atoms with Gasteiger partial charge in [-0.05, 0) is 44.2 Å². The second-order valence-corrected chi connectivity index (χ2v) is 6.56. The van der Waals surface area contributed by atoms with Gasteiger partial charge in [0, 0.05) is 36.6 Å². The van der Waals surface area contributed by atoms with Crippen LogP contribution < -0.4 is 10.2 Å². The fraction of sp³-hybridized carbons (Fsp3) is 0.556. The van der Waals surface area contributed by atoms with Crippen molar-refractivity contribution in [1.29, 1.82) is 0 Å². The number of carboxylic acids is 1. The Balaban J connectivity index is 1.68. The summed E-state index contributed by atoms with van der Waals surface area (Å²) in [6.07, 6.45) is 4.01. The van der Waals surface area contributed by atoms with E-state index in [0.29, 0.717) is 12.6 Å². The molecule has 6 nitrogen and oxygen atoms in total. The SMILES string of the molecule is COCC(=O)N1CCc2c(NC3CCC(C(=O)O)CC3)cccc21. The molecule has 1 heterocycles. The molecule has 1 aromatic carbocycles. The molecular weight excluding hydrogens is 308 g/mol. The molecule has 0 bridgehead atoms. The van der Waals surface area contributed by atoms with Gasteiger partial charge in [0.1, 0.15) is 6.61 Å². The van der Waals surface area contributed by atoms with Crippen LogP contribution in [0.2, 0.25) is 0 Å². The summed E-state index contributed by atoms with van der Waals surface area (Å²) in [6, 6.07) is 6.29. The lowest BCUT2D eigenvalue weighted by atomic mass is 9.86. The van der Waals surface area contributed by atoms with Gasteiger partial charge in [0.2, 0.25) is 0 Å². The minimum absolute atomic E-state index is 0.0182. The van der Waals surface area contributed by atoms with E-state index >= 15 is 0 Å². The Bertz CT molecular complexity index is 623. The molecule has 24 heavy (non-hydrogen) atoms. The number of fused-ring (bicyclic) bond motifs is 1. The Morgan fingerprint density at radius 2 is 2.04 bits per heavy atom. The number of aliphatic carboxylic acids is 1. The standard InChI is InChI=1S/C18H24N2O4/c1-24-11-17(21)20-10-9-14-15(3-2-4-16(14)20)19-13-7-5-12(6-8-13)18(22)23/h2-4,12-13,19H,5-11H2,1H3,(H,22,23). The highest BCUT2D eigenvalue weighted by Gasteiger charge is 2.29. The van der Waals surface area contributed by atoms with Crippen molar-refractivity contribution in [2.24, 2.45) is 5.92 Å². The number of carbonyl (C=O) groups is 2. The van der Waals surface area contributed by atoms with Gasteiger partial charge in [-0.2, -0.15) is 0 Å². The van der Waals surface area contributed by atoms with Gasteiger partial charge in [-0.15, -0.1) is 0 Å². The summed E-state index contributed by atoms with van der Waals surface area (Å²) in [5.74, 6) is -0.900. The third-order valence-corrected chi connectivity index (χ3v) is 5.03. The molecule has 0 aromatic heterocycles. The third-order valence-electron chi connectivity index (χ3n) is 5.03. The molecule has 0 atom stereocenters. The Hall–Kier alpha value is -2.08. The first kappa shape index (κ1) is 16.8. The monoisotopic (exact) mass is 332 g/mol. The van der Waals surface area contributed by atoms with Crippen LogP contribution in [-0.2, 0) is 20.7 Å². The van der Waals surface area contributed by atoms with Crippen LogP contribution in [-0.4, -0.2) is 43.3 Å². The molecule has 0 spiro atoms. The molecule has 1 aliphatic heterocycles. The van der Waals surface area contributed by atoms with Crippen LogP contribution in [0.5, 0.6) is 0 Å². The second kappa shape index (κ2) is 7.21. The minimum Gasteiger partial charge on any atom is -0.481 e. The van der Waals surface area contributed by atoms with E-state index in [0.717, 1.165) is 43.5 Å². The number of carbonyl (C=O) groups excluding carboxylic acids is 1. The second-order valence-electron chi connectivity index (χ2n) is 6.56. The summed E-state index contributed by atoms with van der Waals surface area (Å²) < 4.78 is 4.96. The van der Waals surface area contributed by atoms with Crippen molar-refractivity contribution in [3.05, 3.63) is 23.8 Å². The van der Waals surface area contributed by atoms with Crippen LogP contribution in [0.15, 0.2) is 18.2 Å². The molecule has 2 aliphatic rings. The van der Waals surface area contributed by atoms with Crippen molar-refractivity contribution in [2.45, 2.75) is 38.1 Å². The van der Waals surface area contributed by atoms with Crippen LogP contribution in [0.25, 0.3) is 0 Å². The van der Waals surface area contributed by atoms with Gasteiger partial charge in [-0.3, -0.25) is 9.59 Å². The molecular formula is C18H24N2O4. The van der Waals surface area contributed by atoms with Crippen LogP contribution in [0.3, 0.4) is 0 Å². The van der Waals surface area contributed by atoms with Crippen molar-refractivity contribution in [1.82, 2.24) is 0 Å². The summed E-state index contributed by atoms with van der Waals surface area (Å²) in [6.45, 7) is 0.776. The zero-order valence-electron chi connectivity index (χ0n) is 14.0. The number of ether oxygens (including phenoxy) is 1. The number of methoxy groups -OCH3 is 1. The number of benzene rings is 1. The lowest BCUT2D eigenvalue weighted by molar-refractivity contribution is -0.142. The predicted octanol–water partition coefficient (Wildman–Crippen LogP) is 2.28. The van der Waals surface area contributed by atoms with Crippen molar-refractivity contribution in [3.63, 3.8) is 0 Å². The minimum atomic E-state index is -0.679. The molecule has 0 saturated heterocycles. The zero-order chi connectivity index (χ0) is 17.1. The van der Waals surface area contributed by atoms with Gasteiger partial charge in [0.05, 0.1) is 5.92 Å². The largest absolute Gasteiger partial charge is 0.481 e. The molecule has 0 unspecified atom stereocenters. The van der Waals surface area contributed by atoms with Crippen LogP contribution in [0, 0.1) is 5.92 Å². The Kier molecular flexibility index (Phi) is 5.04. The summed E-state index contributed by atoms with van der Waals surface area (Å²) in [5.41, 5.74) is 3.20. The quantitative estimate of drug-likeness (QED) is 0.865. The number of carboxylic acid groups (broad SMARTS) is 1. The van der Waals surface area contributed by atoms with E-state index in [1.807, 2.05) is 18.2 Å². The molecule has 3 rings (SSSR count). The maximum atomic E-state index is 12.1. The van der Waals surface area contributed by atoms with Gasteiger partial charge in [0.25, 0.3) is 5.91 Å². The van der Waals surface area contributed by atoms with Crippen molar-refractivity contribution >= 4 is 23.3 Å². The number of rotatable bonds is 5. The molecule has 1 saturated carbocycles. The highest BCUT2D eigenvalue weighted by Crippen LogP contribution is 2.35. The third kappa shape index (κ3) is 3.38. The van der Waals surface area contributed by atoms with E-state index in [4.69, 9.17) is 9.84 Å². The smallest absolute Gasteiger partial charge is 0.306 e. The highest BCUT2D eigenvalue weighted by atomic mass is 16.5. The van der Waals surface area contributed by atoms with E-state index in [1.54, 1.807) is 4.90 Å². The average Bonchev–Trinajstić information content (AvgIpc) is 3.01. The maximum Gasteiger partial charge on any atom is 0.306 e. The average molecular weight is 332 g/mol. The molecule has 0 radical (unpaired) electrons. The first-order valence-corrected chi connectivity index (χ1v) is 8.50. The zero-order valence-corrected chi connectivity index (χ0v) is 14.0. The summed E-state index contributed by atoms with van der Waals surface area (Å²) in [4.78, 5) is 25.0. The van der Waals surface area contributed by atoms with Crippen molar-refractivity contribution in [2.75, 3.05) is 30.5 Å². The van der Waals surface area contributed by atoms with E-state index in [-0.39, 0.29) is 18.4 Å². The normalized spacial score (nSPS) is 23.0. The predicted molar refractivity (Wildman–Crippen MR) is 91.4 cm³/mol. The number of amides is 1. The van der Waals surface area contributed by atoms with E-state index < -0.39 is 5.97 Å². The Labute approximate surface area is 141 Å². The fourth-order valence-corrected chi connectivity index (χ4v) is 3.73. The summed E-state index contributed by atoms with van der Waals surface area (Å²) in [5, 5.41) is 12.7. The van der Waals surface area contributed by atoms with Crippen molar-refractivity contribution in [3.8, 4) is 0 Å². The number of nitrogens with zero attached hydrogens (tertiary/aromatic N) is 1. The van der Waals surface area contributed by atoms with E-state index in [9.17, 15) is 9.59 Å². The number of hydrogen-bond acceptors (Lipinski definition) is 4. The van der Waals surface area contributed by atoms with Gasteiger partial charge in [-0.25, -0.2) is 0 Å². The first-order valence-electron chi connectivity index (χ1n) is 8.50. The van der Waals surface area contributed by atoms with Gasteiger partial charge in [0.15, 0.2) is 0 Å². The highest BCUT2D eigenvalue weighted by molar-refractivity contribution is 5.97. The molecule has 1 amide bonds. The maximum absolute atomic E-state index is 12.1. The van der Waals surface area contributed by atoms with E-state index in [1.165, 1.54) is 12.7 Å². The van der Waals surface area contributed by atoms with Crippen LogP contribution >= 0.6 is 0 Å². The van der Waals surface area contributed by atoms with Crippen LogP contribution in [0.1, 0.15) is 31.2 Å². The molecule has 1 aliphatic carbocycles. The first-order chi connectivity index (χ1) is 11.6. The number of nitrogens with one attached hydrogen (secondary N) is 1. The summed E-state index contributed by atoms with van der Waals surface area (Å²) >= 11 is 0. The molecule has 1 aromatic rings. The topological polar surface area (TPSA) is 78.9 Å². The van der Waals surface area contributed by atoms with Gasteiger partial charge in [-0.1, -0.05) is 6.07 Å². The number of anilines is 2. The lowest BCUT2D eigenvalue weighted by Gasteiger charge is -2.28. The fourth-order valence-electron chi connectivity index (χ4n) is 3.73. The number of hydrogen-bond donors (Lipinski definition) is 2. The molecule has 130 valence electrons.